The fourth-order valence-electron chi connectivity index (χ4n) is 5.98. The third-order valence-electron chi connectivity index (χ3n) is 8.14. The third kappa shape index (κ3) is 7.27. The van der Waals surface area contributed by atoms with Gasteiger partial charge in [0.15, 0.2) is 0 Å². The van der Waals surface area contributed by atoms with Gasteiger partial charge in [-0.15, -0.1) is 0 Å². The van der Waals surface area contributed by atoms with E-state index in [1.54, 1.807) is 4.90 Å². The Kier molecular flexibility index (Phi) is 8.95. The summed E-state index contributed by atoms with van der Waals surface area (Å²) in [5, 5.41) is 0. The van der Waals surface area contributed by atoms with Crippen molar-refractivity contribution < 1.29 is 14.3 Å². The van der Waals surface area contributed by atoms with Gasteiger partial charge in [-0.2, -0.15) is 9.97 Å². The number of carbonyl (C=O) groups is 1. The van der Waals surface area contributed by atoms with Gasteiger partial charge in [0.25, 0.3) is 0 Å². The summed E-state index contributed by atoms with van der Waals surface area (Å²) in [5.41, 5.74) is 2.84. The number of carbonyl (C=O) groups excluding carboxylic acids is 1. The van der Waals surface area contributed by atoms with Gasteiger partial charge in [0.2, 0.25) is 6.54 Å². The van der Waals surface area contributed by atoms with Crippen LogP contribution in [0.3, 0.4) is 0 Å². The molecule has 220 valence electrons. The molecule has 1 amide bonds. The lowest BCUT2D eigenvalue weighted by Crippen LogP contribution is -2.57. The van der Waals surface area contributed by atoms with E-state index in [1.807, 2.05) is 26.8 Å². The van der Waals surface area contributed by atoms with Crippen molar-refractivity contribution in [2.24, 2.45) is 0 Å². The average Bonchev–Trinajstić information content (AvgIpc) is 3.35. The number of ether oxygens (including phenoxy) is 2. The van der Waals surface area contributed by atoms with E-state index in [0.717, 1.165) is 56.1 Å². The quantitative estimate of drug-likeness (QED) is 0.472. The first-order valence-corrected chi connectivity index (χ1v) is 14.8. The highest BCUT2D eigenvalue weighted by Gasteiger charge is 2.37. The van der Waals surface area contributed by atoms with Crippen molar-refractivity contribution in [3.05, 3.63) is 58.6 Å². The number of likely N-dealkylation sites (tertiary alicyclic amines) is 1. The molecule has 0 saturated carbocycles. The van der Waals surface area contributed by atoms with E-state index in [4.69, 9.17) is 26.0 Å². The second-order valence-corrected chi connectivity index (χ2v) is 12.4. The molecule has 0 spiro atoms. The summed E-state index contributed by atoms with van der Waals surface area (Å²) in [4.78, 5) is 35.2. The molecule has 1 aromatic heterocycles. The number of piperazine rings is 1. The monoisotopic (exact) mass is 561 g/mol. The molecule has 4 heterocycles. The Bertz CT molecular complexity index is 1240. The van der Waals surface area contributed by atoms with E-state index in [9.17, 15) is 4.79 Å². The Morgan fingerprint density at radius 1 is 1.10 bits per heavy atom. The maximum atomic E-state index is 13.0. The van der Waals surface area contributed by atoms with Crippen LogP contribution >= 0.6 is 0 Å². The topological polar surface area (TPSA) is 78.6 Å². The summed E-state index contributed by atoms with van der Waals surface area (Å²) in [6.07, 6.45) is 2.77. The number of hydrogen-bond donors (Lipinski definition) is 0. The summed E-state index contributed by atoms with van der Waals surface area (Å²) in [6, 6.07) is 11.0. The van der Waals surface area contributed by atoms with Gasteiger partial charge in [-0.3, -0.25) is 9.80 Å². The fraction of sp³-hybridized carbons (Fsp3) is 0.613. The Labute approximate surface area is 244 Å². The zero-order valence-corrected chi connectivity index (χ0v) is 24.9. The van der Waals surface area contributed by atoms with Crippen LogP contribution in [-0.2, 0) is 24.2 Å². The highest BCUT2D eigenvalue weighted by Crippen LogP contribution is 2.31. The number of amides is 1. The minimum atomic E-state index is -0.589. The van der Waals surface area contributed by atoms with Gasteiger partial charge in [0.05, 0.1) is 5.69 Å². The van der Waals surface area contributed by atoms with Crippen molar-refractivity contribution in [1.82, 2.24) is 24.7 Å². The van der Waals surface area contributed by atoms with E-state index in [0.29, 0.717) is 38.3 Å². The molecule has 41 heavy (non-hydrogen) atoms. The predicted molar refractivity (Wildman–Crippen MR) is 158 cm³/mol. The zero-order valence-electron chi connectivity index (χ0n) is 24.9. The smallest absolute Gasteiger partial charge is 0.410 e. The van der Waals surface area contributed by atoms with Crippen LogP contribution in [0.2, 0.25) is 0 Å². The second-order valence-electron chi connectivity index (χ2n) is 12.4. The Balaban J connectivity index is 1.39. The van der Waals surface area contributed by atoms with E-state index < -0.39 is 5.60 Å². The van der Waals surface area contributed by atoms with E-state index in [2.05, 4.69) is 50.9 Å². The third-order valence-corrected chi connectivity index (χ3v) is 8.14. The SMILES string of the molecule is [C-]#[N+]CC1CN(c2nc(OC[C@@H]3CCCN3C)nc3c2CCN(Cc2ccccc2)C3)CCN1C(=O)OC(C)(C)C. The number of hydrogen-bond acceptors (Lipinski definition) is 8. The van der Waals surface area contributed by atoms with Gasteiger partial charge in [-0.1, -0.05) is 30.3 Å². The first-order chi connectivity index (χ1) is 19.7. The summed E-state index contributed by atoms with van der Waals surface area (Å²) >= 11 is 0. The molecule has 2 aromatic rings. The average molecular weight is 562 g/mol. The molecular formula is C31H43N7O3. The number of benzene rings is 1. The first kappa shape index (κ1) is 29.1. The van der Waals surface area contributed by atoms with Crippen LogP contribution in [-0.4, -0.2) is 101 Å². The van der Waals surface area contributed by atoms with Crippen LogP contribution in [0, 0.1) is 6.57 Å². The van der Waals surface area contributed by atoms with Crippen molar-refractivity contribution in [2.45, 2.75) is 70.8 Å². The summed E-state index contributed by atoms with van der Waals surface area (Å²) in [6.45, 7) is 19.1. The van der Waals surface area contributed by atoms with Crippen LogP contribution in [0.4, 0.5) is 10.6 Å². The highest BCUT2D eigenvalue weighted by molar-refractivity contribution is 5.69. The molecule has 2 fully saturated rings. The van der Waals surface area contributed by atoms with Gasteiger partial charge >= 0.3 is 12.1 Å². The number of anilines is 1. The lowest BCUT2D eigenvalue weighted by atomic mass is 10.0. The van der Waals surface area contributed by atoms with E-state index in [1.165, 1.54) is 12.0 Å². The summed E-state index contributed by atoms with van der Waals surface area (Å²) in [5.74, 6) is 0.878. The van der Waals surface area contributed by atoms with Crippen molar-refractivity contribution in [2.75, 3.05) is 57.8 Å². The van der Waals surface area contributed by atoms with Crippen molar-refractivity contribution in [3.63, 3.8) is 0 Å². The van der Waals surface area contributed by atoms with Gasteiger partial charge in [-0.05, 0) is 59.2 Å². The van der Waals surface area contributed by atoms with Crippen molar-refractivity contribution in [1.29, 1.82) is 0 Å². The molecule has 0 radical (unpaired) electrons. The lowest BCUT2D eigenvalue weighted by molar-refractivity contribution is 0.0155. The van der Waals surface area contributed by atoms with Gasteiger partial charge in [0.1, 0.15) is 24.1 Å². The largest absolute Gasteiger partial charge is 0.462 e. The normalized spacial score (nSPS) is 21.8. The van der Waals surface area contributed by atoms with Crippen LogP contribution in [0.5, 0.6) is 6.01 Å². The Hall–Kier alpha value is -3.42. The molecule has 10 nitrogen and oxygen atoms in total. The minimum absolute atomic E-state index is 0.214. The van der Waals surface area contributed by atoms with Crippen molar-refractivity contribution >= 4 is 11.9 Å². The van der Waals surface area contributed by atoms with Gasteiger partial charge in [0, 0.05) is 50.9 Å². The second kappa shape index (κ2) is 12.6. The van der Waals surface area contributed by atoms with Crippen LogP contribution < -0.4 is 9.64 Å². The fourth-order valence-corrected chi connectivity index (χ4v) is 5.98. The number of aromatic nitrogens is 2. The molecule has 1 unspecified atom stereocenters. The molecule has 3 aliphatic rings. The number of likely N-dealkylation sites (N-methyl/N-ethyl adjacent to an activating group) is 1. The van der Waals surface area contributed by atoms with Gasteiger partial charge in [-0.25, -0.2) is 11.4 Å². The zero-order chi connectivity index (χ0) is 29.0. The first-order valence-electron chi connectivity index (χ1n) is 14.8. The molecule has 2 saturated heterocycles. The maximum absolute atomic E-state index is 13.0. The molecular weight excluding hydrogens is 518 g/mol. The van der Waals surface area contributed by atoms with Crippen LogP contribution in [0.1, 0.15) is 50.4 Å². The van der Waals surface area contributed by atoms with E-state index >= 15 is 0 Å². The molecule has 0 aliphatic carbocycles. The highest BCUT2D eigenvalue weighted by atomic mass is 16.6. The lowest BCUT2D eigenvalue weighted by Gasteiger charge is -2.41. The Morgan fingerprint density at radius 2 is 1.90 bits per heavy atom. The van der Waals surface area contributed by atoms with Crippen LogP contribution in [0.15, 0.2) is 30.3 Å². The molecule has 0 N–H and O–H groups in total. The summed E-state index contributed by atoms with van der Waals surface area (Å²) in [7, 11) is 2.14. The predicted octanol–water partition coefficient (Wildman–Crippen LogP) is 3.85. The maximum Gasteiger partial charge on any atom is 0.410 e. The number of fused-ring (bicyclic) bond motifs is 1. The standard InChI is InChI=1S/C31H43N7O3/c1-31(2,3)41-30(39)38-17-16-37(20-25(38)18-32-4)28-26-13-15-36(19-23-10-7-6-8-11-23)21-27(26)33-29(34-28)40-22-24-12-9-14-35(24)5/h6-8,10-11,24-25H,9,12-22H2,1-3,5H3/t24-,25?/m0/s1. The molecule has 3 aliphatic heterocycles. The summed E-state index contributed by atoms with van der Waals surface area (Å²) < 4.78 is 11.9. The van der Waals surface area contributed by atoms with Gasteiger partial charge < -0.3 is 24.1 Å². The number of rotatable bonds is 7. The van der Waals surface area contributed by atoms with Crippen LogP contribution in [0.25, 0.3) is 4.85 Å². The van der Waals surface area contributed by atoms with E-state index in [-0.39, 0.29) is 18.7 Å². The Morgan fingerprint density at radius 3 is 2.61 bits per heavy atom. The minimum Gasteiger partial charge on any atom is -0.462 e. The molecule has 5 rings (SSSR count). The molecule has 1 aromatic carbocycles. The molecule has 10 heteroatoms. The molecule has 0 bridgehead atoms. The van der Waals surface area contributed by atoms with Crippen molar-refractivity contribution in [3.8, 4) is 6.01 Å². The molecule has 2 atom stereocenters. The number of nitrogens with zero attached hydrogens (tertiary/aromatic N) is 7.